The molecule has 2 rings (SSSR count). The highest BCUT2D eigenvalue weighted by Gasteiger charge is 2.33. The summed E-state index contributed by atoms with van der Waals surface area (Å²) in [6, 6.07) is 3.08. The fraction of sp³-hybridized carbons (Fsp3) is 0.500. The van der Waals surface area contributed by atoms with E-state index in [1.54, 1.807) is 11.8 Å². The maximum atomic E-state index is 12.6. The molecule has 0 N–H and O–H groups in total. The molecule has 1 aromatic carbocycles. The van der Waals surface area contributed by atoms with Gasteiger partial charge < -0.3 is 4.90 Å². The molecule has 0 aliphatic heterocycles. The van der Waals surface area contributed by atoms with Gasteiger partial charge in [-0.25, -0.2) is 8.42 Å². The van der Waals surface area contributed by atoms with E-state index in [0.717, 1.165) is 19.3 Å². The highest BCUT2D eigenvalue weighted by Crippen LogP contribution is 2.31. The summed E-state index contributed by atoms with van der Waals surface area (Å²) in [6.07, 6.45) is 2.83. The molecule has 0 radical (unpaired) electrons. The fourth-order valence-corrected chi connectivity index (χ4v) is 3.77. The zero-order valence-corrected chi connectivity index (χ0v) is 14.2. The van der Waals surface area contributed by atoms with Crippen molar-refractivity contribution < 1.29 is 13.2 Å². The number of carbonyl (C=O) groups is 1. The predicted octanol–water partition coefficient (Wildman–Crippen LogP) is 3.59. The Hall–Kier alpha value is -0.780. The van der Waals surface area contributed by atoms with Crippen LogP contribution in [-0.4, -0.2) is 31.8 Å². The number of halogens is 2. The van der Waals surface area contributed by atoms with Gasteiger partial charge in [0.2, 0.25) is 0 Å². The maximum absolute atomic E-state index is 12.6. The molecule has 0 saturated heterocycles. The molecular weight excluding hydrogens is 333 g/mol. The molecule has 1 saturated carbocycles. The third kappa shape index (κ3) is 3.71. The van der Waals surface area contributed by atoms with Crippen molar-refractivity contribution in [3.8, 4) is 0 Å². The Morgan fingerprint density at radius 3 is 2.48 bits per heavy atom. The third-order valence-electron chi connectivity index (χ3n) is 3.52. The molecule has 0 atom stereocenters. The predicted molar refractivity (Wildman–Crippen MR) is 83.6 cm³/mol. The smallest absolute Gasteiger partial charge is 0.261 e. The molecule has 0 aromatic heterocycles. The average Bonchev–Trinajstić information content (AvgIpc) is 3.21. The Morgan fingerprint density at radius 1 is 1.38 bits per heavy atom. The van der Waals surface area contributed by atoms with E-state index in [9.17, 15) is 13.2 Å². The van der Waals surface area contributed by atoms with Gasteiger partial charge in [0, 0.05) is 33.9 Å². The largest absolute Gasteiger partial charge is 0.336 e. The monoisotopic (exact) mass is 349 g/mol. The van der Waals surface area contributed by atoms with Crippen LogP contribution in [0.1, 0.15) is 42.1 Å². The summed E-state index contributed by atoms with van der Waals surface area (Å²) < 4.78 is 23.2. The third-order valence-corrected chi connectivity index (χ3v) is 5.36. The summed E-state index contributed by atoms with van der Waals surface area (Å²) in [5, 5.41) is 0.229. The molecule has 7 heteroatoms. The van der Waals surface area contributed by atoms with Crippen LogP contribution in [0.15, 0.2) is 17.0 Å². The zero-order valence-electron chi connectivity index (χ0n) is 11.9. The molecule has 1 fully saturated rings. The summed E-state index contributed by atoms with van der Waals surface area (Å²) in [5.41, 5.74) is 0.627. The second-order valence-electron chi connectivity index (χ2n) is 5.25. The lowest BCUT2D eigenvalue weighted by atomic mass is 10.1. The van der Waals surface area contributed by atoms with Crippen molar-refractivity contribution in [2.45, 2.75) is 44.0 Å². The van der Waals surface area contributed by atoms with Crippen LogP contribution in [0.25, 0.3) is 0 Å². The van der Waals surface area contributed by atoms with Crippen LogP contribution in [0.5, 0.6) is 0 Å². The minimum atomic E-state index is -3.94. The van der Waals surface area contributed by atoms with Crippen LogP contribution in [0.2, 0.25) is 5.02 Å². The molecule has 0 bridgehead atoms. The Balaban J connectivity index is 2.44. The van der Waals surface area contributed by atoms with E-state index < -0.39 is 9.05 Å². The lowest BCUT2D eigenvalue weighted by Crippen LogP contribution is -2.33. The second kappa shape index (κ2) is 6.15. The number of amides is 1. The van der Waals surface area contributed by atoms with Crippen LogP contribution >= 0.6 is 22.3 Å². The van der Waals surface area contributed by atoms with Crippen LogP contribution in [-0.2, 0) is 9.05 Å². The van der Waals surface area contributed by atoms with Gasteiger partial charge in [0.05, 0.1) is 4.90 Å². The van der Waals surface area contributed by atoms with Crippen molar-refractivity contribution in [3.05, 3.63) is 28.3 Å². The van der Waals surface area contributed by atoms with Crippen LogP contribution in [0.3, 0.4) is 0 Å². The van der Waals surface area contributed by atoms with Gasteiger partial charge in [0.1, 0.15) is 0 Å². The summed E-state index contributed by atoms with van der Waals surface area (Å²) in [4.78, 5) is 14.3. The Kier molecular flexibility index (Phi) is 4.85. The molecule has 4 nitrogen and oxygen atoms in total. The SMILES string of the molecule is CCCN(C(=O)c1cc(Cl)c(C)c(S(=O)(=O)Cl)c1)C1CC1. The summed E-state index contributed by atoms with van der Waals surface area (Å²) in [6.45, 7) is 4.22. The van der Waals surface area contributed by atoms with Gasteiger partial charge in [0.25, 0.3) is 15.0 Å². The van der Waals surface area contributed by atoms with E-state index in [-0.39, 0.29) is 27.4 Å². The first kappa shape index (κ1) is 16.6. The van der Waals surface area contributed by atoms with Gasteiger partial charge in [-0.2, -0.15) is 0 Å². The van der Waals surface area contributed by atoms with Crippen molar-refractivity contribution in [1.29, 1.82) is 0 Å². The molecule has 0 spiro atoms. The molecule has 1 aliphatic carbocycles. The summed E-state index contributed by atoms with van der Waals surface area (Å²) >= 11 is 6.05. The molecule has 21 heavy (non-hydrogen) atoms. The zero-order chi connectivity index (χ0) is 15.8. The molecule has 0 heterocycles. The molecule has 1 amide bonds. The van der Waals surface area contributed by atoms with Crippen molar-refractivity contribution in [3.63, 3.8) is 0 Å². The van der Waals surface area contributed by atoms with Crippen LogP contribution in [0.4, 0.5) is 0 Å². The highest BCUT2D eigenvalue weighted by molar-refractivity contribution is 8.13. The highest BCUT2D eigenvalue weighted by atomic mass is 35.7. The second-order valence-corrected chi connectivity index (χ2v) is 8.19. The molecular formula is C14H17Cl2NO3S. The average molecular weight is 350 g/mol. The minimum Gasteiger partial charge on any atom is -0.336 e. The van der Waals surface area contributed by atoms with Crippen LogP contribution in [0, 0.1) is 6.92 Å². The van der Waals surface area contributed by atoms with Crippen molar-refractivity contribution in [1.82, 2.24) is 4.90 Å². The maximum Gasteiger partial charge on any atom is 0.261 e. The number of hydrogen-bond acceptors (Lipinski definition) is 3. The normalized spacial score (nSPS) is 15.0. The minimum absolute atomic E-state index is 0.104. The van der Waals surface area contributed by atoms with E-state index in [2.05, 4.69) is 0 Å². The lowest BCUT2D eigenvalue weighted by Gasteiger charge is -2.22. The van der Waals surface area contributed by atoms with E-state index in [1.165, 1.54) is 12.1 Å². The summed E-state index contributed by atoms with van der Waals surface area (Å²) in [7, 11) is 1.48. The number of carbonyl (C=O) groups excluding carboxylic acids is 1. The van der Waals surface area contributed by atoms with Gasteiger partial charge in [-0.3, -0.25) is 4.79 Å². The number of rotatable bonds is 5. The Bertz CT molecular complexity index is 669. The fourth-order valence-electron chi connectivity index (χ4n) is 2.27. The van der Waals surface area contributed by atoms with Crippen molar-refractivity contribution >= 4 is 37.2 Å². The Morgan fingerprint density at radius 2 is 2.00 bits per heavy atom. The quantitative estimate of drug-likeness (QED) is 0.763. The van der Waals surface area contributed by atoms with E-state index >= 15 is 0 Å². The van der Waals surface area contributed by atoms with Crippen molar-refractivity contribution in [2.75, 3.05) is 6.54 Å². The Labute approximate surface area is 134 Å². The first-order chi connectivity index (χ1) is 9.75. The molecule has 0 unspecified atom stereocenters. The molecule has 1 aromatic rings. The standard InChI is InChI=1S/C14H17Cl2NO3S/c1-3-6-17(11-4-5-11)14(18)10-7-12(15)9(2)13(8-10)21(16,19)20/h7-8,11H,3-6H2,1-2H3. The first-order valence-corrected chi connectivity index (χ1v) is 9.50. The van der Waals surface area contributed by atoms with Gasteiger partial charge >= 0.3 is 0 Å². The van der Waals surface area contributed by atoms with Crippen LogP contribution < -0.4 is 0 Å². The van der Waals surface area contributed by atoms with E-state index in [1.807, 2.05) is 6.92 Å². The first-order valence-electron chi connectivity index (χ1n) is 6.81. The number of benzene rings is 1. The van der Waals surface area contributed by atoms with Gasteiger partial charge in [0.15, 0.2) is 0 Å². The summed E-state index contributed by atoms with van der Waals surface area (Å²) in [5.74, 6) is -0.192. The van der Waals surface area contributed by atoms with Gasteiger partial charge in [-0.05, 0) is 43.9 Å². The number of hydrogen-bond donors (Lipinski definition) is 0. The van der Waals surface area contributed by atoms with Gasteiger partial charge in [-0.1, -0.05) is 18.5 Å². The topological polar surface area (TPSA) is 54.5 Å². The number of nitrogens with zero attached hydrogens (tertiary/aromatic N) is 1. The lowest BCUT2D eigenvalue weighted by molar-refractivity contribution is 0.0743. The van der Waals surface area contributed by atoms with Gasteiger partial charge in [-0.15, -0.1) is 0 Å². The van der Waals surface area contributed by atoms with E-state index in [4.69, 9.17) is 22.3 Å². The van der Waals surface area contributed by atoms with Crippen molar-refractivity contribution in [2.24, 2.45) is 0 Å². The molecule has 1 aliphatic rings. The molecule has 116 valence electrons. The van der Waals surface area contributed by atoms with E-state index in [0.29, 0.717) is 12.1 Å².